The Hall–Kier alpha value is -3.48. The highest BCUT2D eigenvalue weighted by atomic mass is 19.4. The summed E-state index contributed by atoms with van der Waals surface area (Å²) < 4.78 is 61.5. The summed E-state index contributed by atoms with van der Waals surface area (Å²) in [5.41, 5.74) is 0.0719. The molecule has 0 bridgehead atoms. The third-order valence-electron chi connectivity index (χ3n) is 4.58. The quantitative estimate of drug-likeness (QED) is 0.566. The van der Waals surface area contributed by atoms with Crippen molar-refractivity contribution in [1.29, 1.82) is 0 Å². The van der Waals surface area contributed by atoms with E-state index in [-0.39, 0.29) is 29.3 Å². The van der Waals surface area contributed by atoms with Crippen LogP contribution in [0.15, 0.2) is 41.2 Å². The van der Waals surface area contributed by atoms with Crippen LogP contribution in [0.1, 0.15) is 17.1 Å². The summed E-state index contributed by atoms with van der Waals surface area (Å²) >= 11 is 0. The third kappa shape index (κ3) is 5.17. The lowest BCUT2D eigenvalue weighted by atomic mass is 10.1. The molecule has 0 spiro atoms. The molecule has 3 aromatic rings. The molecule has 3 heterocycles. The first-order chi connectivity index (χ1) is 14.8. The van der Waals surface area contributed by atoms with Crippen molar-refractivity contribution < 1.29 is 31.5 Å². The number of hydrogen-bond donors (Lipinski definition) is 2. The molecule has 0 radical (unpaired) electrons. The predicted molar refractivity (Wildman–Crippen MR) is 96.3 cm³/mol. The average Bonchev–Trinajstić information content (AvgIpc) is 3.45. The summed E-state index contributed by atoms with van der Waals surface area (Å²) in [6.45, 7) is 1.14. The molecule has 1 fully saturated rings. The highest BCUT2D eigenvalue weighted by molar-refractivity contribution is 5.90. The van der Waals surface area contributed by atoms with Gasteiger partial charge < -0.3 is 19.8 Å². The number of amides is 1. The van der Waals surface area contributed by atoms with Gasteiger partial charge in [0.05, 0.1) is 18.9 Å². The SMILES string of the molecule is O=C(N[C@H]1CN[C@H](Cn2ccnn2)C1)c1ncc(-c2ccc(F)c(OC(F)(F)F)c2)o1. The topological polar surface area (TPSA) is 107 Å². The first kappa shape index (κ1) is 20.8. The third-order valence-corrected chi connectivity index (χ3v) is 4.58. The fraction of sp³-hybridized carbons (Fsp3) is 0.333. The van der Waals surface area contributed by atoms with Gasteiger partial charge in [0.15, 0.2) is 17.3 Å². The molecule has 2 N–H and O–H groups in total. The standard InChI is InChI=1S/C18H16F4N6O3/c19-13-2-1-10(5-14(13)31-18(20,21)22)15-8-24-17(30-15)16(29)26-11-6-12(23-7-11)9-28-4-3-25-27-28/h1-5,8,11-12,23H,6-7,9H2,(H,26,29)/t11-,12+/m1/s1. The van der Waals surface area contributed by atoms with Crippen molar-refractivity contribution in [2.45, 2.75) is 31.4 Å². The van der Waals surface area contributed by atoms with Crippen LogP contribution >= 0.6 is 0 Å². The Balaban J connectivity index is 1.38. The number of benzene rings is 1. The van der Waals surface area contributed by atoms with Gasteiger partial charge in [-0.1, -0.05) is 5.21 Å². The Morgan fingerprint density at radius 3 is 2.97 bits per heavy atom. The summed E-state index contributed by atoms with van der Waals surface area (Å²) in [5, 5.41) is 13.7. The van der Waals surface area contributed by atoms with Crippen molar-refractivity contribution in [3.8, 4) is 17.1 Å². The Morgan fingerprint density at radius 2 is 2.23 bits per heavy atom. The number of nitrogens with one attached hydrogen (secondary N) is 2. The minimum atomic E-state index is -5.05. The van der Waals surface area contributed by atoms with Gasteiger partial charge >= 0.3 is 12.3 Å². The maximum Gasteiger partial charge on any atom is 0.573 e. The maximum atomic E-state index is 13.6. The molecule has 1 aromatic carbocycles. The van der Waals surface area contributed by atoms with Gasteiger partial charge in [0.1, 0.15) is 0 Å². The van der Waals surface area contributed by atoms with E-state index >= 15 is 0 Å². The van der Waals surface area contributed by atoms with Crippen LogP contribution in [0.5, 0.6) is 5.75 Å². The van der Waals surface area contributed by atoms with Crippen LogP contribution in [0.3, 0.4) is 0 Å². The van der Waals surface area contributed by atoms with Crippen molar-refractivity contribution in [2.24, 2.45) is 0 Å². The summed E-state index contributed by atoms with van der Waals surface area (Å²) in [7, 11) is 0. The van der Waals surface area contributed by atoms with Gasteiger partial charge in [0.25, 0.3) is 5.89 Å². The lowest BCUT2D eigenvalue weighted by Gasteiger charge is -2.11. The van der Waals surface area contributed by atoms with E-state index in [1.54, 1.807) is 17.1 Å². The number of hydrogen-bond acceptors (Lipinski definition) is 7. The summed E-state index contributed by atoms with van der Waals surface area (Å²) in [6, 6.07) is 2.74. The van der Waals surface area contributed by atoms with Gasteiger partial charge in [0, 0.05) is 30.4 Å². The fourth-order valence-corrected chi connectivity index (χ4v) is 3.24. The van der Waals surface area contributed by atoms with Crippen molar-refractivity contribution in [2.75, 3.05) is 6.54 Å². The number of carbonyl (C=O) groups is 1. The molecule has 1 aliphatic rings. The predicted octanol–water partition coefficient (Wildman–Crippen LogP) is 2.13. The molecule has 164 valence electrons. The van der Waals surface area contributed by atoms with Crippen LogP contribution in [0.4, 0.5) is 17.6 Å². The zero-order valence-corrected chi connectivity index (χ0v) is 15.8. The zero-order chi connectivity index (χ0) is 22.0. The molecule has 0 unspecified atom stereocenters. The van der Waals surface area contributed by atoms with Gasteiger partial charge in [-0.3, -0.25) is 9.48 Å². The van der Waals surface area contributed by atoms with Gasteiger partial charge in [-0.05, 0) is 24.6 Å². The van der Waals surface area contributed by atoms with Gasteiger partial charge in [-0.25, -0.2) is 9.37 Å². The first-order valence-electron chi connectivity index (χ1n) is 9.16. The van der Waals surface area contributed by atoms with Crippen LogP contribution in [0.2, 0.25) is 0 Å². The van der Waals surface area contributed by atoms with Crippen LogP contribution in [0, 0.1) is 5.82 Å². The molecule has 31 heavy (non-hydrogen) atoms. The van der Waals surface area contributed by atoms with Crippen LogP contribution in [-0.4, -0.2) is 50.9 Å². The highest BCUT2D eigenvalue weighted by Gasteiger charge is 2.33. The van der Waals surface area contributed by atoms with Crippen molar-refractivity contribution in [3.63, 3.8) is 0 Å². The molecule has 0 saturated carbocycles. The monoisotopic (exact) mass is 440 g/mol. The lowest BCUT2D eigenvalue weighted by Crippen LogP contribution is -2.36. The number of rotatable bonds is 6. The fourth-order valence-electron chi connectivity index (χ4n) is 3.24. The van der Waals surface area contributed by atoms with E-state index in [1.807, 2.05) is 0 Å². The molecular weight excluding hydrogens is 424 g/mol. The Labute approximate surface area is 172 Å². The average molecular weight is 440 g/mol. The molecule has 2 atom stereocenters. The number of carbonyl (C=O) groups excluding carboxylic acids is 1. The largest absolute Gasteiger partial charge is 0.573 e. The number of aromatic nitrogens is 4. The Kier molecular flexibility index (Phi) is 5.59. The molecule has 13 heteroatoms. The Morgan fingerprint density at radius 1 is 1.39 bits per heavy atom. The summed E-state index contributed by atoms with van der Waals surface area (Å²) in [5.74, 6) is -3.05. The second-order valence-electron chi connectivity index (χ2n) is 6.86. The molecule has 2 aromatic heterocycles. The van der Waals surface area contributed by atoms with Gasteiger partial charge in [-0.15, -0.1) is 18.3 Å². The summed E-state index contributed by atoms with van der Waals surface area (Å²) in [4.78, 5) is 16.3. The number of oxazole rings is 1. The van der Waals surface area contributed by atoms with Crippen LogP contribution in [-0.2, 0) is 6.54 Å². The van der Waals surface area contributed by atoms with Crippen LogP contribution < -0.4 is 15.4 Å². The highest BCUT2D eigenvalue weighted by Crippen LogP contribution is 2.30. The molecule has 1 saturated heterocycles. The van der Waals surface area contributed by atoms with Crippen molar-refractivity contribution in [3.05, 3.63) is 48.5 Å². The zero-order valence-electron chi connectivity index (χ0n) is 15.8. The van der Waals surface area contributed by atoms with Crippen LogP contribution in [0.25, 0.3) is 11.3 Å². The van der Waals surface area contributed by atoms with Crippen molar-refractivity contribution in [1.82, 2.24) is 30.6 Å². The number of nitrogens with zero attached hydrogens (tertiary/aromatic N) is 4. The smallest absolute Gasteiger partial charge is 0.432 e. The minimum absolute atomic E-state index is 0.00854. The summed E-state index contributed by atoms with van der Waals surface area (Å²) in [6.07, 6.45) is 0.0818. The molecule has 4 rings (SSSR count). The second kappa shape index (κ2) is 8.34. The number of ether oxygens (including phenoxy) is 1. The van der Waals surface area contributed by atoms with E-state index in [9.17, 15) is 22.4 Å². The normalized spacial score (nSPS) is 18.8. The number of halogens is 4. The minimum Gasteiger partial charge on any atom is -0.432 e. The van der Waals surface area contributed by atoms with E-state index in [2.05, 4.69) is 30.7 Å². The number of alkyl halides is 3. The molecule has 0 aliphatic carbocycles. The molecule has 1 amide bonds. The maximum absolute atomic E-state index is 13.6. The lowest BCUT2D eigenvalue weighted by molar-refractivity contribution is -0.275. The van der Waals surface area contributed by atoms with E-state index in [4.69, 9.17) is 4.42 Å². The molecule has 1 aliphatic heterocycles. The van der Waals surface area contributed by atoms with E-state index < -0.39 is 23.8 Å². The first-order valence-corrected chi connectivity index (χ1v) is 9.16. The van der Waals surface area contributed by atoms with Gasteiger partial charge in [-0.2, -0.15) is 0 Å². The van der Waals surface area contributed by atoms with Crippen molar-refractivity contribution >= 4 is 5.91 Å². The molecular formula is C18H16F4N6O3. The van der Waals surface area contributed by atoms with Gasteiger partial charge in [0.2, 0.25) is 0 Å². The van der Waals surface area contributed by atoms with E-state index in [0.717, 1.165) is 12.1 Å². The second-order valence-corrected chi connectivity index (χ2v) is 6.86. The van der Waals surface area contributed by atoms with E-state index in [0.29, 0.717) is 19.5 Å². The Bertz CT molecular complexity index is 1050. The molecule has 9 nitrogen and oxygen atoms in total. The van der Waals surface area contributed by atoms with E-state index in [1.165, 1.54) is 12.3 Å².